The van der Waals surface area contributed by atoms with E-state index in [1.807, 2.05) is 24.0 Å². The highest BCUT2D eigenvalue weighted by Crippen LogP contribution is 2.21. The van der Waals surface area contributed by atoms with E-state index < -0.39 is 0 Å². The molecule has 24 heavy (non-hydrogen) atoms. The molecule has 1 amide bonds. The average Bonchev–Trinajstić information content (AvgIpc) is 3.06. The van der Waals surface area contributed by atoms with Crippen LogP contribution in [0.1, 0.15) is 16.2 Å². The Morgan fingerprint density at radius 3 is 2.67 bits per heavy atom. The number of hydrogen-bond donors (Lipinski definition) is 0. The fraction of sp³-hybridized carbons (Fsp3) is 0.312. The van der Waals surface area contributed by atoms with Crippen molar-refractivity contribution in [2.75, 3.05) is 31.1 Å². The molecule has 0 saturated carbocycles. The lowest BCUT2D eigenvalue weighted by Gasteiger charge is -2.33. The van der Waals surface area contributed by atoms with Crippen molar-refractivity contribution in [3.8, 4) is 0 Å². The lowest BCUT2D eigenvalue weighted by Crippen LogP contribution is -2.49. The first-order valence-electron chi connectivity index (χ1n) is 7.75. The van der Waals surface area contributed by atoms with E-state index in [2.05, 4.69) is 19.9 Å². The van der Waals surface area contributed by atoms with Crippen LogP contribution in [0.2, 0.25) is 0 Å². The van der Waals surface area contributed by atoms with Crippen LogP contribution in [0.3, 0.4) is 0 Å². The topological polar surface area (TPSA) is 88.3 Å². The molecule has 0 aliphatic carbocycles. The van der Waals surface area contributed by atoms with E-state index in [0.717, 1.165) is 5.69 Å². The average molecular weight is 324 g/mol. The molecular weight excluding hydrogens is 308 g/mol. The number of carbonyl (C=O) groups is 1. The van der Waals surface area contributed by atoms with E-state index in [1.165, 1.54) is 6.20 Å². The number of rotatable bonds is 2. The summed E-state index contributed by atoms with van der Waals surface area (Å²) in [5.41, 5.74) is 2.43. The summed E-state index contributed by atoms with van der Waals surface area (Å²) in [4.78, 5) is 33.1. The Bertz CT molecular complexity index is 835. The summed E-state index contributed by atoms with van der Waals surface area (Å²) in [6.45, 7) is 4.31. The van der Waals surface area contributed by atoms with Gasteiger partial charge in [0.05, 0.1) is 11.9 Å². The summed E-state index contributed by atoms with van der Waals surface area (Å²) in [6.07, 6.45) is 4.82. The van der Waals surface area contributed by atoms with Crippen LogP contribution in [-0.4, -0.2) is 56.9 Å². The summed E-state index contributed by atoms with van der Waals surface area (Å²) < 4.78 is 5.73. The lowest BCUT2D eigenvalue weighted by molar-refractivity contribution is 0.0738. The first-order valence-corrected chi connectivity index (χ1v) is 7.75. The molecular formula is C16H16N6O2. The van der Waals surface area contributed by atoms with E-state index in [0.29, 0.717) is 49.1 Å². The van der Waals surface area contributed by atoms with Gasteiger partial charge in [0.25, 0.3) is 11.9 Å². The Labute approximate surface area is 138 Å². The lowest BCUT2D eigenvalue weighted by atomic mass is 10.3. The van der Waals surface area contributed by atoms with Crippen LogP contribution in [0.5, 0.6) is 0 Å². The van der Waals surface area contributed by atoms with Crippen molar-refractivity contribution in [1.29, 1.82) is 0 Å². The zero-order valence-electron chi connectivity index (χ0n) is 13.2. The van der Waals surface area contributed by atoms with Crippen molar-refractivity contribution in [3.05, 3.63) is 42.1 Å². The maximum atomic E-state index is 12.5. The minimum absolute atomic E-state index is 0.0959. The fourth-order valence-electron chi connectivity index (χ4n) is 2.66. The Balaban J connectivity index is 1.44. The van der Waals surface area contributed by atoms with Gasteiger partial charge >= 0.3 is 0 Å². The Morgan fingerprint density at radius 2 is 1.96 bits per heavy atom. The van der Waals surface area contributed by atoms with E-state index in [9.17, 15) is 4.79 Å². The molecule has 122 valence electrons. The number of nitrogens with zero attached hydrogens (tertiary/aromatic N) is 6. The number of hydrogen-bond acceptors (Lipinski definition) is 7. The predicted molar refractivity (Wildman–Crippen MR) is 86.7 cm³/mol. The molecule has 1 aliphatic rings. The second-order valence-electron chi connectivity index (χ2n) is 5.64. The monoisotopic (exact) mass is 324 g/mol. The highest BCUT2D eigenvalue weighted by Gasteiger charge is 2.25. The van der Waals surface area contributed by atoms with E-state index in [-0.39, 0.29) is 5.91 Å². The number of oxazole rings is 1. The van der Waals surface area contributed by atoms with Crippen LogP contribution in [0.4, 0.5) is 6.01 Å². The normalized spacial score (nSPS) is 15.0. The largest absolute Gasteiger partial charge is 0.422 e. The quantitative estimate of drug-likeness (QED) is 0.701. The van der Waals surface area contributed by atoms with Crippen LogP contribution in [0, 0.1) is 6.92 Å². The Kier molecular flexibility index (Phi) is 3.56. The molecule has 3 aromatic rings. The van der Waals surface area contributed by atoms with Crippen molar-refractivity contribution < 1.29 is 9.21 Å². The summed E-state index contributed by atoms with van der Waals surface area (Å²) in [6, 6.07) is 4.21. The molecule has 0 unspecified atom stereocenters. The number of anilines is 1. The fourth-order valence-corrected chi connectivity index (χ4v) is 2.66. The standard InChI is InChI=1S/C16H16N6O2/c1-11-9-19-12(10-18-11)15(23)21-5-7-22(8-6-21)16-20-14-13(24-16)3-2-4-17-14/h2-4,9-10H,5-8H2,1H3. The first-order chi connectivity index (χ1) is 11.7. The summed E-state index contributed by atoms with van der Waals surface area (Å²) >= 11 is 0. The summed E-state index contributed by atoms with van der Waals surface area (Å²) in [5.74, 6) is -0.0959. The Morgan fingerprint density at radius 1 is 1.12 bits per heavy atom. The van der Waals surface area contributed by atoms with Gasteiger partial charge in [0.1, 0.15) is 5.69 Å². The molecule has 0 bridgehead atoms. The van der Waals surface area contributed by atoms with Gasteiger partial charge in [-0.3, -0.25) is 9.78 Å². The molecule has 1 fully saturated rings. The van der Waals surface area contributed by atoms with Gasteiger partial charge in [-0.05, 0) is 19.1 Å². The van der Waals surface area contributed by atoms with Gasteiger partial charge in [0.2, 0.25) is 5.65 Å². The number of amides is 1. The first kappa shape index (κ1) is 14.6. The molecule has 8 heteroatoms. The van der Waals surface area contributed by atoms with E-state index in [4.69, 9.17) is 4.42 Å². The van der Waals surface area contributed by atoms with Crippen LogP contribution in [0.15, 0.2) is 35.1 Å². The molecule has 0 N–H and O–H groups in total. The summed E-state index contributed by atoms with van der Waals surface area (Å²) in [7, 11) is 0. The molecule has 4 rings (SSSR count). The number of aryl methyl sites for hydroxylation is 1. The third-order valence-corrected chi connectivity index (χ3v) is 3.99. The molecule has 0 radical (unpaired) electrons. The molecule has 0 spiro atoms. The zero-order chi connectivity index (χ0) is 16.5. The SMILES string of the molecule is Cc1cnc(C(=O)N2CCN(c3nc4ncccc4o3)CC2)cn1. The van der Waals surface area contributed by atoms with Crippen LogP contribution < -0.4 is 4.90 Å². The highest BCUT2D eigenvalue weighted by molar-refractivity contribution is 5.92. The second kappa shape index (κ2) is 5.88. The van der Waals surface area contributed by atoms with Gasteiger partial charge in [-0.1, -0.05) is 0 Å². The molecule has 4 heterocycles. The van der Waals surface area contributed by atoms with Crippen LogP contribution in [-0.2, 0) is 0 Å². The number of aromatic nitrogens is 4. The third-order valence-electron chi connectivity index (χ3n) is 3.99. The number of carbonyl (C=O) groups excluding carboxylic acids is 1. The third kappa shape index (κ3) is 2.66. The van der Waals surface area contributed by atoms with Gasteiger partial charge in [-0.15, -0.1) is 0 Å². The molecule has 3 aromatic heterocycles. The van der Waals surface area contributed by atoms with Crippen molar-refractivity contribution in [2.24, 2.45) is 0 Å². The maximum absolute atomic E-state index is 12.5. The van der Waals surface area contributed by atoms with Gasteiger partial charge < -0.3 is 14.2 Å². The van der Waals surface area contributed by atoms with Crippen molar-refractivity contribution in [2.45, 2.75) is 6.92 Å². The number of piperazine rings is 1. The van der Waals surface area contributed by atoms with Gasteiger partial charge in [0, 0.05) is 38.6 Å². The maximum Gasteiger partial charge on any atom is 0.300 e. The molecule has 1 saturated heterocycles. The van der Waals surface area contributed by atoms with Crippen LogP contribution in [0.25, 0.3) is 11.2 Å². The Hall–Kier alpha value is -3.03. The minimum atomic E-state index is -0.0959. The summed E-state index contributed by atoms with van der Waals surface area (Å²) in [5, 5.41) is 0. The minimum Gasteiger partial charge on any atom is -0.422 e. The number of pyridine rings is 1. The van der Waals surface area contributed by atoms with Gasteiger partial charge in [-0.2, -0.15) is 4.98 Å². The molecule has 1 aliphatic heterocycles. The second-order valence-corrected chi connectivity index (χ2v) is 5.64. The molecule has 0 aromatic carbocycles. The number of fused-ring (bicyclic) bond motifs is 1. The van der Waals surface area contributed by atoms with Crippen molar-refractivity contribution in [3.63, 3.8) is 0 Å². The highest BCUT2D eigenvalue weighted by atomic mass is 16.4. The predicted octanol–water partition coefficient (Wildman–Crippen LogP) is 1.28. The van der Waals surface area contributed by atoms with Gasteiger partial charge in [0.15, 0.2) is 5.58 Å². The van der Waals surface area contributed by atoms with E-state index in [1.54, 1.807) is 17.3 Å². The smallest absolute Gasteiger partial charge is 0.300 e. The molecule has 0 atom stereocenters. The molecule has 8 nitrogen and oxygen atoms in total. The van der Waals surface area contributed by atoms with Crippen molar-refractivity contribution in [1.82, 2.24) is 24.8 Å². The van der Waals surface area contributed by atoms with Crippen LogP contribution >= 0.6 is 0 Å². The van der Waals surface area contributed by atoms with Gasteiger partial charge in [-0.25, -0.2) is 9.97 Å². The van der Waals surface area contributed by atoms with E-state index >= 15 is 0 Å². The zero-order valence-corrected chi connectivity index (χ0v) is 13.2. The van der Waals surface area contributed by atoms with Crippen molar-refractivity contribution >= 4 is 23.2 Å².